The van der Waals surface area contributed by atoms with Crippen LogP contribution in [-0.2, 0) is 6.54 Å². The van der Waals surface area contributed by atoms with Gasteiger partial charge in [0.05, 0.1) is 6.20 Å². The smallest absolute Gasteiger partial charge is 0.248 e. The van der Waals surface area contributed by atoms with Gasteiger partial charge in [-0.15, -0.1) is 5.10 Å². The summed E-state index contributed by atoms with van der Waals surface area (Å²) in [7, 11) is 0. The molecule has 0 aliphatic rings. The van der Waals surface area contributed by atoms with Crippen molar-refractivity contribution in [2.45, 2.75) is 6.54 Å². The second-order valence-electron chi connectivity index (χ2n) is 3.69. The van der Waals surface area contributed by atoms with Crippen molar-refractivity contribution in [2.75, 3.05) is 0 Å². The number of pyridine rings is 1. The minimum absolute atomic E-state index is 0.251. The van der Waals surface area contributed by atoms with Crippen LogP contribution in [0.5, 0.6) is 0 Å². The second kappa shape index (κ2) is 4.77. The first-order valence-electron chi connectivity index (χ1n) is 5.44. The minimum atomic E-state index is 0.251. The molecule has 0 N–H and O–H groups in total. The molecule has 0 aromatic carbocycles. The van der Waals surface area contributed by atoms with Crippen LogP contribution in [0.25, 0.3) is 11.5 Å². The van der Waals surface area contributed by atoms with Gasteiger partial charge in [0.2, 0.25) is 11.7 Å². The van der Waals surface area contributed by atoms with Crippen LogP contribution < -0.4 is 0 Å². The van der Waals surface area contributed by atoms with Crippen molar-refractivity contribution in [1.29, 1.82) is 0 Å². The molecule has 0 aliphatic heterocycles. The van der Waals surface area contributed by atoms with Gasteiger partial charge in [-0.2, -0.15) is 4.98 Å². The monoisotopic (exact) mass is 256 g/mol. The van der Waals surface area contributed by atoms with E-state index in [0.29, 0.717) is 23.7 Å². The third-order valence-electron chi connectivity index (χ3n) is 2.34. The number of rotatable bonds is 4. The van der Waals surface area contributed by atoms with E-state index < -0.39 is 0 Å². The molecule has 0 unspecified atom stereocenters. The van der Waals surface area contributed by atoms with Crippen LogP contribution >= 0.6 is 0 Å². The van der Waals surface area contributed by atoms with Crippen molar-refractivity contribution in [3.05, 3.63) is 42.2 Å². The SMILES string of the molecule is O=Cc1cn(Cc2nc(-c3ccccn3)no2)nn1. The van der Waals surface area contributed by atoms with Crippen LogP contribution in [0.15, 0.2) is 35.1 Å². The number of aromatic nitrogens is 6. The average Bonchev–Trinajstić information content (AvgIpc) is 3.09. The molecule has 0 amide bonds. The van der Waals surface area contributed by atoms with Gasteiger partial charge in [0, 0.05) is 6.20 Å². The van der Waals surface area contributed by atoms with Gasteiger partial charge in [0.15, 0.2) is 6.29 Å². The number of carbonyl (C=O) groups is 1. The molecule has 3 aromatic heterocycles. The fourth-order valence-corrected chi connectivity index (χ4v) is 1.50. The first kappa shape index (κ1) is 11.2. The van der Waals surface area contributed by atoms with Gasteiger partial charge in [0.1, 0.15) is 17.9 Å². The molecule has 3 aromatic rings. The Kier molecular flexibility index (Phi) is 2.81. The highest BCUT2D eigenvalue weighted by Crippen LogP contribution is 2.12. The zero-order valence-corrected chi connectivity index (χ0v) is 9.67. The van der Waals surface area contributed by atoms with Gasteiger partial charge in [-0.1, -0.05) is 16.4 Å². The van der Waals surface area contributed by atoms with Gasteiger partial charge >= 0.3 is 0 Å². The average molecular weight is 256 g/mol. The molecule has 0 spiro atoms. The quantitative estimate of drug-likeness (QED) is 0.629. The van der Waals surface area contributed by atoms with Crippen molar-refractivity contribution in [2.24, 2.45) is 0 Å². The van der Waals surface area contributed by atoms with E-state index in [1.807, 2.05) is 6.07 Å². The number of carbonyl (C=O) groups excluding carboxylic acids is 1. The minimum Gasteiger partial charge on any atom is -0.337 e. The lowest BCUT2D eigenvalue weighted by Gasteiger charge is -1.92. The Morgan fingerprint density at radius 2 is 2.32 bits per heavy atom. The highest BCUT2D eigenvalue weighted by molar-refractivity contribution is 5.70. The summed E-state index contributed by atoms with van der Waals surface area (Å²) in [6.07, 6.45) is 3.77. The molecule has 0 atom stereocenters. The van der Waals surface area contributed by atoms with E-state index in [4.69, 9.17) is 4.52 Å². The zero-order valence-electron chi connectivity index (χ0n) is 9.67. The lowest BCUT2D eigenvalue weighted by Crippen LogP contribution is -2.00. The summed E-state index contributed by atoms with van der Waals surface area (Å²) in [6, 6.07) is 5.43. The van der Waals surface area contributed by atoms with Crippen molar-refractivity contribution in [3.8, 4) is 11.5 Å². The molecule has 0 bridgehead atoms. The number of hydrogen-bond donors (Lipinski definition) is 0. The molecule has 8 heteroatoms. The third kappa shape index (κ3) is 2.37. The Morgan fingerprint density at radius 3 is 3.05 bits per heavy atom. The number of aldehydes is 1. The third-order valence-corrected chi connectivity index (χ3v) is 2.34. The Bertz CT molecular complexity index is 690. The molecule has 0 saturated carbocycles. The largest absolute Gasteiger partial charge is 0.337 e. The summed E-state index contributed by atoms with van der Waals surface area (Å²) in [6.45, 7) is 0.251. The maximum absolute atomic E-state index is 10.5. The van der Waals surface area contributed by atoms with Crippen molar-refractivity contribution in [1.82, 2.24) is 30.1 Å². The predicted molar refractivity (Wildman–Crippen MR) is 62.0 cm³/mol. The van der Waals surface area contributed by atoms with E-state index in [-0.39, 0.29) is 12.2 Å². The predicted octanol–water partition coefficient (Wildman–Crippen LogP) is 0.584. The van der Waals surface area contributed by atoms with Gasteiger partial charge < -0.3 is 4.52 Å². The normalized spacial score (nSPS) is 10.5. The standard InChI is InChI=1S/C11H8N6O2/c18-7-8-5-17(16-14-8)6-10-13-11(15-19-10)9-3-1-2-4-12-9/h1-5,7H,6H2. The first-order valence-corrected chi connectivity index (χ1v) is 5.44. The Balaban J connectivity index is 1.80. The Hall–Kier alpha value is -2.90. The zero-order chi connectivity index (χ0) is 13.1. The summed E-state index contributed by atoms with van der Waals surface area (Å²) in [4.78, 5) is 18.8. The summed E-state index contributed by atoms with van der Waals surface area (Å²) >= 11 is 0. The van der Waals surface area contributed by atoms with E-state index in [0.717, 1.165) is 0 Å². The molecule has 0 aliphatic carbocycles. The van der Waals surface area contributed by atoms with Gasteiger partial charge in [0.25, 0.3) is 0 Å². The van der Waals surface area contributed by atoms with Crippen LogP contribution in [0, 0.1) is 0 Å². The van der Waals surface area contributed by atoms with E-state index in [2.05, 4.69) is 25.4 Å². The van der Waals surface area contributed by atoms with Crippen LogP contribution in [0.3, 0.4) is 0 Å². The number of hydrogen-bond acceptors (Lipinski definition) is 7. The summed E-state index contributed by atoms with van der Waals surface area (Å²) < 4.78 is 6.53. The molecule has 94 valence electrons. The van der Waals surface area contributed by atoms with Gasteiger partial charge in [-0.25, -0.2) is 4.68 Å². The van der Waals surface area contributed by atoms with Crippen LogP contribution in [0.2, 0.25) is 0 Å². The van der Waals surface area contributed by atoms with E-state index in [1.54, 1.807) is 18.3 Å². The summed E-state index contributed by atoms with van der Waals surface area (Å²) in [5, 5.41) is 11.2. The lowest BCUT2D eigenvalue weighted by atomic mass is 10.3. The first-order chi connectivity index (χ1) is 9.35. The lowest BCUT2D eigenvalue weighted by molar-refractivity contribution is 0.111. The molecule has 0 radical (unpaired) electrons. The molecule has 19 heavy (non-hydrogen) atoms. The Labute approximate surface area is 107 Å². The maximum atomic E-state index is 10.5. The van der Waals surface area contributed by atoms with Gasteiger partial charge in [-0.05, 0) is 12.1 Å². The van der Waals surface area contributed by atoms with Crippen molar-refractivity contribution < 1.29 is 9.32 Å². The van der Waals surface area contributed by atoms with Crippen molar-refractivity contribution in [3.63, 3.8) is 0 Å². The molecule has 0 saturated heterocycles. The highest BCUT2D eigenvalue weighted by atomic mass is 16.5. The van der Waals surface area contributed by atoms with Crippen LogP contribution in [0.4, 0.5) is 0 Å². The molecule has 3 rings (SSSR count). The van der Waals surface area contributed by atoms with E-state index >= 15 is 0 Å². The van der Waals surface area contributed by atoms with Gasteiger partial charge in [-0.3, -0.25) is 9.78 Å². The molecule has 0 fully saturated rings. The molecular weight excluding hydrogens is 248 g/mol. The second-order valence-corrected chi connectivity index (χ2v) is 3.69. The van der Waals surface area contributed by atoms with E-state index in [1.165, 1.54) is 10.9 Å². The van der Waals surface area contributed by atoms with Crippen LogP contribution in [-0.4, -0.2) is 36.4 Å². The van der Waals surface area contributed by atoms with Crippen molar-refractivity contribution >= 4 is 6.29 Å². The Morgan fingerprint density at radius 1 is 1.37 bits per heavy atom. The number of nitrogens with zero attached hydrogens (tertiary/aromatic N) is 6. The van der Waals surface area contributed by atoms with Crippen LogP contribution in [0.1, 0.15) is 16.4 Å². The topological polar surface area (TPSA) is 99.6 Å². The highest BCUT2D eigenvalue weighted by Gasteiger charge is 2.10. The molecular formula is C11H8N6O2. The van der Waals surface area contributed by atoms with E-state index in [9.17, 15) is 4.79 Å². The molecule has 8 nitrogen and oxygen atoms in total. The fraction of sp³-hybridized carbons (Fsp3) is 0.0909. The summed E-state index contributed by atoms with van der Waals surface area (Å²) in [5.74, 6) is 0.773. The maximum Gasteiger partial charge on any atom is 0.248 e. The molecule has 3 heterocycles. The summed E-state index contributed by atoms with van der Waals surface area (Å²) in [5.41, 5.74) is 0.883. The fourth-order valence-electron chi connectivity index (χ4n) is 1.50.